The molecule has 2 fully saturated rings. The molecular weight excluding hydrogens is 479 g/mol. The zero-order valence-corrected chi connectivity index (χ0v) is 22.2. The maximum atomic E-state index is 14.2. The number of nitrogens with one attached hydrogen (secondary N) is 1. The Bertz CT molecular complexity index is 880. The first-order chi connectivity index (χ1) is 17.7. The molecule has 2 aliphatic heterocycles. The summed E-state index contributed by atoms with van der Waals surface area (Å²) in [4.78, 5) is 25.9. The first-order valence-electron chi connectivity index (χ1n) is 13.5. The van der Waals surface area contributed by atoms with Crippen molar-refractivity contribution in [3.8, 4) is 0 Å². The maximum Gasteiger partial charge on any atom is 0.404 e. The number of carbonyl (C=O) groups excluding carboxylic acids is 1. The number of hydrogen-bond donors (Lipinski definition) is 3. The van der Waals surface area contributed by atoms with Crippen LogP contribution in [-0.4, -0.2) is 72.6 Å². The molecule has 3 amide bonds. The largest absolute Gasteiger partial charge is 0.465 e. The fraction of sp³-hybridized carbons (Fsp3) is 0.704. The first kappa shape index (κ1) is 29.1. The molecule has 2 saturated heterocycles. The summed E-state index contributed by atoms with van der Waals surface area (Å²) in [6.07, 6.45) is 5.25. The van der Waals surface area contributed by atoms with Gasteiger partial charge in [0.15, 0.2) is 0 Å². The zero-order valence-electron chi connectivity index (χ0n) is 22.2. The predicted octanol–water partition coefficient (Wildman–Crippen LogP) is 4.45. The molecule has 3 rings (SSSR count). The number of halogens is 1. The van der Waals surface area contributed by atoms with Gasteiger partial charge in [0.05, 0.1) is 18.8 Å². The summed E-state index contributed by atoms with van der Waals surface area (Å²) in [7, 11) is 0. The predicted molar refractivity (Wildman–Crippen MR) is 138 cm³/mol. The van der Waals surface area contributed by atoms with Gasteiger partial charge in [-0.25, -0.2) is 19.8 Å². The van der Waals surface area contributed by atoms with Gasteiger partial charge in [-0.05, 0) is 81.5 Å². The number of hydrogen-bond acceptors (Lipinski definition) is 5. The number of carboxylic acid groups (broad SMARTS) is 1. The number of hydrazine groups is 1. The third kappa shape index (κ3) is 9.12. The van der Waals surface area contributed by atoms with Crippen LogP contribution < -0.4 is 11.2 Å². The summed E-state index contributed by atoms with van der Waals surface area (Å²) < 4.78 is 26.1. The minimum absolute atomic E-state index is 0.0771. The van der Waals surface area contributed by atoms with E-state index < -0.39 is 18.2 Å². The number of urea groups is 1. The molecule has 0 radical (unpaired) electrons. The van der Waals surface area contributed by atoms with Crippen molar-refractivity contribution in [2.75, 3.05) is 39.5 Å². The average Bonchev–Trinajstić information content (AvgIpc) is 3.14. The van der Waals surface area contributed by atoms with E-state index in [2.05, 4.69) is 5.32 Å². The molecule has 2 aliphatic rings. The van der Waals surface area contributed by atoms with Gasteiger partial charge >= 0.3 is 12.1 Å². The minimum Gasteiger partial charge on any atom is -0.465 e. The van der Waals surface area contributed by atoms with Gasteiger partial charge in [0.25, 0.3) is 0 Å². The number of ether oxygens (including phenoxy) is 2. The number of piperidine rings is 1. The Kier molecular flexibility index (Phi) is 11.4. The van der Waals surface area contributed by atoms with E-state index in [1.165, 1.54) is 23.6 Å². The molecule has 0 aliphatic carbocycles. The second kappa shape index (κ2) is 14.5. The van der Waals surface area contributed by atoms with Crippen molar-refractivity contribution in [2.45, 2.75) is 70.9 Å². The third-order valence-corrected chi connectivity index (χ3v) is 7.36. The Balaban J connectivity index is 1.62. The van der Waals surface area contributed by atoms with Gasteiger partial charge in [0, 0.05) is 38.8 Å². The number of nitrogens with zero attached hydrogens (tertiary/aromatic N) is 2. The fourth-order valence-electron chi connectivity index (χ4n) is 5.35. The summed E-state index contributed by atoms with van der Waals surface area (Å²) in [5.74, 6) is 6.27. The van der Waals surface area contributed by atoms with Gasteiger partial charge in [-0.3, -0.25) is 5.01 Å². The molecule has 208 valence electrons. The van der Waals surface area contributed by atoms with Crippen LogP contribution >= 0.6 is 0 Å². The van der Waals surface area contributed by atoms with Gasteiger partial charge in [-0.1, -0.05) is 12.5 Å². The molecule has 4 unspecified atom stereocenters. The molecule has 10 heteroatoms. The first-order valence-corrected chi connectivity index (χ1v) is 13.5. The molecule has 37 heavy (non-hydrogen) atoms. The molecule has 0 bridgehead atoms. The lowest BCUT2D eigenvalue weighted by atomic mass is 9.86. The topological polar surface area (TPSA) is 117 Å². The van der Waals surface area contributed by atoms with E-state index in [4.69, 9.17) is 20.4 Å². The quantitative estimate of drug-likeness (QED) is 0.237. The summed E-state index contributed by atoms with van der Waals surface area (Å²) in [5, 5.41) is 12.7. The van der Waals surface area contributed by atoms with E-state index in [1.807, 2.05) is 6.92 Å². The van der Waals surface area contributed by atoms with Crippen LogP contribution in [0.1, 0.15) is 69.1 Å². The molecule has 4 N–H and O–H groups in total. The highest BCUT2D eigenvalue weighted by Gasteiger charge is 2.33. The Labute approximate surface area is 219 Å². The number of carbonyl (C=O) groups is 2. The van der Waals surface area contributed by atoms with Crippen LogP contribution in [0.3, 0.4) is 0 Å². The molecule has 2 heterocycles. The van der Waals surface area contributed by atoms with Crippen molar-refractivity contribution >= 4 is 12.1 Å². The molecule has 0 saturated carbocycles. The highest BCUT2D eigenvalue weighted by atomic mass is 19.1. The number of nitrogens with two attached hydrogens (primary N) is 1. The summed E-state index contributed by atoms with van der Waals surface area (Å²) >= 11 is 0. The van der Waals surface area contributed by atoms with Crippen molar-refractivity contribution in [2.24, 2.45) is 17.7 Å². The van der Waals surface area contributed by atoms with E-state index >= 15 is 0 Å². The Morgan fingerprint density at radius 3 is 2.92 bits per heavy atom. The lowest BCUT2D eigenvalue weighted by molar-refractivity contribution is -0.0195. The van der Waals surface area contributed by atoms with Crippen LogP contribution in [0.15, 0.2) is 18.2 Å². The van der Waals surface area contributed by atoms with E-state index in [0.717, 1.165) is 62.9 Å². The minimum atomic E-state index is -1.13. The average molecular weight is 523 g/mol. The van der Waals surface area contributed by atoms with E-state index in [1.54, 1.807) is 17.9 Å². The van der Waals surface area contributed by atoms with Crippen molar-refractivity contribution < 1.29 is 28.6 Å². The van der Waals surface area contributed by atoms with Gasteiger partial charge in [0.1, 0.15) is 5.82 Å². The van der Waals surface area contributed by atoms with Crippen LogP contribution in [0.4, 0.5) is 14.0 Å². The number of likely N-dealkylation sites (tertiary alicyclic amines) is 1. The standard InChI is InChI=1S/C27H43FN4O5/c1-19-10-11-23(28)15-24(19)25(37-17-20(2)30-26(33)34)22-9-6-12-31(16-22)27(35)32(29)13-5-8-21-7-3-4-14-36-18-21/h10-11,15,20-22,25,30H,3-9,12-14,16-18,29H2,1-2H3,(H,33,34). The Morgan fingerprint density at radius 1 is 1.32 bits per heavy atom. The number of benzene rings is 1. The van der Waals surface area contributed by atoms with Gasteiger partial charge in [-0.15, -0.1) is 0 Å². The summed E-state index contributed by atoms with van der Waals surface area (Å²) in [5.41, 5.74) is 1.61. The van der Waals surface area contributed by atoms with Crippen LogP contribution in [-0.2, 0) is 9.47 Å². The number of aryl methyl sites for hydroxylation is 1. The Morgan fingerprint density at radius 2 is 2.14 bits per heavy atom. The fourth-order valence-corrected chi connectivity index (χ4v) is 5.35. The van der Waals surface area contributed by atoms with Crippen LogP contribution in [0.5, 0.6) is 0 Å². The zero-order chi connectivity index (χ0) is 26.8. The molecule has 1 aromatic rings. The van der Waals surface area contributed by atoms with Crippen molar-refractivity contribution in [3.63, 3.8) is 0 Å². The lowest BCUT2D eigenvalue weighted by Crippen LogP contribution is -2.51. The monoisotopic (exact) mass is 522 g/mol. The molecule has 0 aromatic heterocycles. The second-order valence-electron chi connectivity index (χ2n) is 10.5. The SMILES string of the molecule is Cc1ccc(F)cc1C(OCC(C)NC(=O)O)C1CCCN(C(=O)N(N)CCCC2CCCCOC2)C1. The Hall–Kier alpha value is -2.43. The van der Waals surface area contributed by atoms with Crippen LogP contribution in [0.2, 0.25) is 0 Å². The number of amides is 3. The van der Waals surface area contributed by atoms with Crippen LogP contribution in [0, 0.1) is 24.6 Å². The van der Waals surface area contributed by atoms with Gasteiger partial charge < -0.3 is 24.8 Å². The van der Waals surface area contributed by atoms with E-state index in [-0.39, 0.29) is 24.4 Å². The van der Waals surface area contributed by atoms with E-state index in [9.17, 15) is 14.0 Å². The lowest BCUT2D eigenvalue weighted by Gasteiger charge is -2.39. The van der Waals surface area contributed by atoms with E-state index in [0.29, 0.717) is 25.6 Å². The number of rotatable bonds is 10. The van der Waals surface area contributed by atoms with Crippen LogP contribution in [0.25, 0.3) is 0 Å². The van der Waals surface area contributed by atoms with Crippen molar-refractivity contribution in [3.05, 3.63) is 35.1 Å². The normalized spacial score (nSPS) is 22.1. The maximum absolute atomic E-state index is 14.2. The summed E-state index contributed by atoms with van der Waals surface area (Å²) in [6.45, 7) is 6.89. The highest BCUT2D eigenvalue weighted by Crippen LogP contribution is 2.35. The molecule has 0 spiro atoms. The molecule has 1 aromatic carbocycles. The van der Waals surface area contributed by atoms with Crippen molar-refractivity contribution in [1.29, 1.82) is 0 Å². The highest BCUT2D eigenvalue weighted by molar-refractivity contribution is 5.73. The smallest absolute Gasteiger partial charge is 0.404 e. The van der Waals surface area contributed by atoms with Crippen molar-refractivity contribution in [1.82, 2.24) is 15.2 Å². The van der Waals surface area contributed by atoms with Gasteiger partial charge in [0.2, 0.25) is 0 Å². The molecule has 9 nitrogen and oxygen atoms in total. The second-order valence-corrected chi connectivity index (χ2v) is 10.5. The molecular formula is C27H43FN4O5. The van der Waals surface area contributed by atoms with Gasteiger partial charge in [-0.2, -0.15) is 0 Å². The summed E-state index contributed by atoms with van der Waals surface area (Å²) in [6, 6.07) is 3.95. The molecule has 4 atom stereocenters. The third-order valence-electron chi connectivity index (χ3n) is 7.36.